The van der Waals surface area contributed by atoms with Crippen LogP contribution in [0, 0.1) is 0 Å². The summed E-state index contributed by atoms with van der Waals surface area (Å²) in [5.41, 5.74) is -0.104. The molecule has 0 aromatic heterocycles. The second-order valence-corrected chi connectivity index (χ2v) is 5.84. The van der Waals surface area contributed by atoms with E-state index < -0.39 is 5.97 Å². The van der Waals surface area contributed by atoms with Gasteiger partial charge in [-0.15, -0.1) is 0 Å². The van der Waals surface area contributed by atoms with E-state index in [0.717, 1.165) is 0 Å². The molecule has 1 aromatic rings. The van der Waals surface area contributed by atoms with Crippen LogP contribution in [0.5, 0.6) is 11.5 Å². The van der Waals surface area contributed by atoms with Gasteiger partial charge in [0, 0.05) is 5.54 Å². The van der Waals surface area contributed by atoms with Crippen molar-refractivity contribution in [2.45, 2.75) is 26.3 Å². The van der Waals surface area contributed by atoms with Crippen LogP contribution in [-0.4, -0.2) is 37.7 Å². The van der Waals surface area contributed by atoms with Gasteiger partial charge in [-0.2, -0.15) is 0 Å². The number of methoxy groups -OCH3 is 1. The van der Waals surface area contributed by atoms with E-state index in [1.54, 1.807) is 18.2 Å². The SMILES string of the molecule is C=CCOc1ccc(C(=O)OCC(=O)NC(C)(C)C)cc1OC. The summed E-state index contributed by atoms with van der Waals surface area (Å²) >= 11 is 0. The van der Waals surface area contributed by atoms with Gasteiger partial charge in [0.05, 0.1) is 12.7 Å². The van der Waals surface area contributed by atoms with Crippen LogP contribution >= 0.6 is 0 Å². The lowest BCUT2D eigenvalue weighted by atomic mass is 10.1. The second kappa shape index (κ2) is 8.22. The van der Waals surface area contributed by atoms with Gasteiger partial charge in [-0.05, 0) is 39.0 Å². The smallest absolute Gasteiger partial charge is 0.338 e. The molecule has 0 bridgehead atoms. The monoisotopic (exact) mass is 321 g/mol. The lowest BCUT2D eigenvalue weighted by Gasteiger charge is -2.20. The lowest BCUT2D eigenvalue weighted by molar-refractivity contribution is -0.125. The third-order valence-electron chi connectivity index (χ3n) is 2.60. The van der Waals surface area contributed by atoms with Crippen LogP contribution in [0.15, 0.2) is 30.9 Å². The molecule has 0 unspecified atom stereocenters. The Labute approximate surface area is 136 Å². The van der Waals surface area contributed by atoms with Crippen LogP contribution in [0.3, 0.4) is 0 Å². The number of carbonyl (C=O) groups excluding carboxylic acids is 2. The Morgan fingerprint density at radius 1 is 1.26 bits per heavy atom. The molecule has 0 aliphatic carbocycles. The molecular weight excluding hydrogens is 298 g/mol. The predicted molar refractivity (Wildman–Crippen MR) is 86.9 cm³/mol. The molecule has 0 atom stereocenters. The van der Waals surface area contributed by atoms with Gasteiger partial charge in [0.1, 0.15) is 6.61 Å². The van der Waals surface area contributed by atoms with E-state index in [1.807, 2.05) is 20.8 Å². The molecule has 1 aromatic carbocycles. The number of hydrogen-bond acceptors (Lipinski definition) is 5. The summed E-state index contributed by atoms with van der Waals surface area (Å²) in [5, 5.41) is 2.71. The van der Waals surface area contributed by atoms with Gasteiger partial charge in [0.2, 0.25) is 0 Å². The first-order chi connectivity index (χ1) is 10.8. The first-order valence-electron chi connectivity index (χ1n) is 7.16. The Hall–Kier alpha value is -2.50. The molecule has 1 rings (SSSR count). The zero-order valence-corrected chi connectivity index (χ0v) is 14.0. The fourth-order valence-corrected chi connectivity index (χ4v) is 1.73. The average molecular weight is 321 g/mol. The van der Waals surface area contributed by atoms with Crippen molar-refractivity contribution in [3.63, 3.8) is 0 Å². The summed E-state index contributed by atoms with van der Waals surface area (Å²) in [4.78, 5) is 23.6. The van der Waals surface area contributed by atoms with Crippen LogP contribution in [-0.2, 0) is 9.53 Å². The van der Waals surface area contributed by atoms with Gasteiger partial charge in [0.25, 0.3) is 5.91 Å². The number of hydrogen-bond donors (Lipinski definition) is 1. The summed E-state index contributed by atoms with van der Waals surface area (Å²) in [6.07, 6.45) is 1.61. The summed E-state index contributed by atoms with van der Waals surface area (Å²) in [5.74, 6) is -0.0683. The molecule has 0 heterocycles. The van der Waals surface area contributed by atoms with Gasteiger partial charge in [-0.3, -0.25) is 4.79 Å². The van der Waals surface area contributed by atoms with Crippen molar-refractivity contribution in [3.05, 3.63) is 36.4 Å². The number of esters is 1. The zero-order chi connectivity index (χ0) is 17.5. The number of nitrogens with one attached hydrogen (secondary N) is 1. The van der Waals surface area contributed by atoms with Crippen molar-refractivity contribution >= 4 is 11.9 Å². The highest BCUT2D eigenvalue weighted by atomic mass is 16.5. The highest BCUT2D eigenvalue weighted by molar-refractivity contribution is 5.92. The number of amides is 1. The standard InChI is InChI=1S/C17H23NO5/c1-6-9-22-13-8-7-12(10-14(13)21-5)16(20)23-11-15(19)18-17(2,3)4/h6-8,10H,1,9,11H2,2-5H3,(H,18,19). The summed E-state index contributed by atoms with van der Waals surface area (Å²) in [7, 11) is 1.47. The topological polar surface area (TPSA) is 73.9 Å². The third kappa shape index (κ3) is 6.42. The molecule has 23 heavy (non-hydrogen) atoms. The van der Waals surface area contributed by atoms with Crippen LogP contribution in [0.25, 0.3) is 0 Å². The van der Waals surface area contributed by atoms with E-state index in [1.165, 1.54) is 13.2 Å². The minimum atomic E-state index is -0.609. The molecule has 0 saturated carbocycles. The minimum absolute atomic E-state index is 0.274. The first kappa shape index (κ1) is 18.5. The summed E-state index contributed by atoms with van der Waals surface area (Å²) in [6.45, 7) is 9.09. The molecule has 0 aliphatic rings. The molecule has 6 nitrogen and oxygen atoms in total. The fourth-order valence-electron chi connectivity index (χ4n) is 1.73. The van der Waals surface area contributed by atoms with Crippen LogP contribution in [0.1, 0.15) is 31.1 Å². The second-order valence-electron chi connectivity index (χ2n) is 5.84. The van der Waals surface area contributed by atoms with Crippen molar-refractivity contribution in [2.75, 3.05) is 20.3 Å². The molecule has 0 fully saturated rings. The molecule has 0 spiro atoms. The van der Waals surface area contributed by atoms with E-state index >= 15 is 0 Å². The van der Waals surface area contributed by atoms with Gasteiger partial charge >= 0.3 is 5.97 Å². The minimum Gasteiger partial charge on any atom is -0.493 e. The average Bonchev–Trinajstić information content (AvgIpc) is 2.48. The van der Waals surface area contributed by atoms with E-state index in [9.17, 15) is 9.59 Å². The third-order valence-corrected chi connectivity index (χ3v) is 2.60. The highest BCUT2D eigenvalue weighted by Crippen LogP contribution is 2.28. The number of carbonyl (C=O) groups is 2. The van der Waals surface area contributed by atoms with E-state index in [2.05, 4.69) is 11.9 Å². The Kier molecular flexibility index (Phi) is 6.63. The van der Waals surface area contributed by atoms with Crippen molar-refractivity contribution in [3.8, 4) is 11.5 Å². The van der Waals surface area contributed by atoms with E-state index in [-0.39, 0.29) is 23.6 Å². The summed E-state index contributed by atoms with van der Waals surface area (Å²) in [6, 6.07) is 4.65. The van der Waals surface area contributed by atoms with Crippen LogP contribution in [0.2, 0.25) is 0 Å². The largest absolute Gasteiger partial charge is 0.493 e. The maximum absolute atomic E-state index is 12.0. The van der Waals surface area contributed by atoms with Crippen LogP contribution < -0.4 is 14.8 Å². The molecule has 0 aliphatic heterocycles. The number of rotatable bonds is 7. The first-order valence-corrected chi connectivity index (χ1v) is 7.16. The lowest BCUT2D eigenvalue weighted by Crippen LogP contribution is -2.42. The molecule has 0 saturated heterocycles. The number of benzene rings is 1. The van der Waals surface area contributed by atoms with Crippen molar-refractivity contribution < 1.29 is 23.8 Å². The maximum atomic E-state index is 12.0. The molecule has 6 heteroatoms. The van der Waals surface area contributed by atoms with E-state index in [4.69, 9.17) is 14.2 Å². The van der Waals surface area contributed by atoms with Gasteiger partial charge in [-0.1, -0.05) is 12.7 Å². The molecular formula is C17H23NO5. The molecule has 126 valence electrons. The normalized spacial score (nSPS) is 10.6. The zero-order valence-electron chi connectivity index (χ0n) is 14.0. The molecule has 1 amide bonds. The molecule has 0 radical (unpaired) electrons. The Morgan fingerprint density at radius 3 is 2.52 bits per heavy atom. The van der Waals surface area contributed by atoms with Crippen molar-refractivity contribution in [2.24, 2.45) is 0 Å². The predicted octanol–water partition coefficient (Wildman–Crippen LogP) is 2.33. The van der Waals surface area contributed by atoms with Gasteiger partial charge in [-0.25, -0.2) is 4.79 Å². The highest BCUT2D eigenvalue weighted by Gasteiger charge is 2.17. The van der Waals surface area contributed by atoms with Gasteiger partial charge in [0.15, 0.2) is 18.1 Å². The van der Waals surface area contributed by atoms with Crippen LogP contribution in [0.4, 0.5) is 0 Å². The summed E-state index contributed by atoms with van der Waals surface area (Å²) < 4.78 is 15.6. The number of ether oxygens (including phenoxy) is 3. The Bertz CT molecular complexity index is 575. The van der Waals surface area contributed by atoms with Crippen molar-refractivity contribution in [1.29, 1.82) is 0 Å². The maximum Gasteiger partial charge on any atom is 0.338 e. The fraction of sp³-hybridized carbons (Fsp3) is 0.412. The van der Waals surface area contributed by atoms with E-state index in [0.29, 0.717) is 18.1 Å². The Morgan fingerprint density at radius 2 is 1.96 bits per heavy atom. The quantitative estimate of drug-likeness (QED) is 0.616. The molecule has 1 N–H and O–H groups in total. The Balaban J connectivity index is 2.69. The van der Waals surface area contributed by atoms with Gasteiger partial charge < -0.3 is 19.5 Å². The van der Waals surface area contributed by atoms with Crippen molar-refractivity contribution in [1.82, 2.24) is 5.32 Å².